The van der Waals surface area contributed by atoms with Crippen LogP contribution in [0.3, 0.4) is 0 Å². The molecular formula is C20H22Cl2N2O6S. The molecule has 2 atom stereocenters. The average Bonchev–Trinajstić information content (AvgIpc) is 2.72. The Morgan fingerprint density at radius 2 is 1.77 bits per heavy atom. The number of rotatable bonds is 10. The van der Waals surface area contributed by atoms with E-state index in [0.29, 0.717) is 13.0 Å². The molecule has 0 aliphatic heterocycles. The number of ether oxygens (including phenoxy) is 1. The van der Waals surface area contributed by atoms with Gasteiger partial charge in [-0.1, -0.05) is 53.5 Å². The summed E-state index contributed by atoms with van der Waals surface area (Å²) in [6.45, 7) is 0.929. The van der Waals surface area contributed by atoms with Crippen LogP contribution >= 0.6 is 23.2 Å². The highest BCUT2D eigenvalue weighted by molar-refractivity contribution is 7.89. The van der Waals surface area contributed by atoms with Gasteiger partial charge < -0.3 is 15.2 Å². The number of aliphatic hydroxyl groups is 1. The first-order valence-corrected chi connectivity index (χ1v) is 11.5. The highest BCUT2D eigenvalue weighted by atomic mass is 35.5. The minimum atomic E-state index is -4.23. The SMILES string of the molecule is CC(O)C(NS(=O)(=O)c1ccc(Cl)c(Cl)c1)C(=O)OCC(=O)NCCc1ccccc1. The van der Waals surface area contributed by atoms with Crippen molar-refractivity contribution >= 4 is 45.1 Å². The van der Waals surface area contributed by atoms with E-state index >= 15 is 0 Å². The summed E-state index contributed by atoms with van der Waals surface area (Å²) in [5.74, 6) is -1.65. The zero-order valence-electron chi connectivity index (χ0n) is 16.5. The standard InChI is InChI=1S/C20H22Cl2N2O6S/c1-13(25)19(24-31(28,29)15-7-8-16(21)17(22)11-15)20(27)30-12-18(26)23-10-9-14-5-3-2-4-6-14/h2-8,11,13,19,24-25H,9-10,12H2,1H3,(H,23,26). The Kier molecular flexibility index (Phi) is 9.27. The Morgan fingerprint density at radius 1 is 1.10 bits per heavy atom. The molecule has 2 unspecified atom stereocenters. The zero-order valence-corrected chi connectivity index (χ0v) is 18.9. The molecule has 3 N–H and O–H groups in total. The Hall–Kier alpha value is -2.17. The number of carbonyl (C=O) groups excluding carboxylic acids is 2. The van der Waals surface area contributed by atoms with Gasteiger partial charge in [0.05, 0.1) is 21.0 Å². The van der Waals surface area contributed by atoms with Crippen LogP contribution in [0.1, 0.15) is 12.5 Å². The van der Waals surface area contributed by atoms with E-state index < -0.39 is 40.7 Å². The number of carbonyl (C=O) groups is 2. The molecule has 0 spiro atoms. The van der Waals surface area contributed by atoms with Gasteiger partial charge in [-0.2, -0.15) is 4.72 Å². The molecule has 0 radical (unpaired) electrons. The lowest BCUT2D eigenvalue weighted by molar-refractivity contribution is -0.152. The number of amides is 1. The first-order chi connectivity index (χ1) is 14.6. The Balaban J connectivity index is 1.91. The monoisotopic (exact) mass is 488 g/mol. The predicted octanol–water partition coefficient (Wildman–Crippen LogP) is 1.92. The lowest BCUT2D eigenvalue weighted by atomic mass is 10.1. The molecule has 8 nitrogen and oxygen atoms in total. The average molecular weight is 489 g/mol. The molecular weight excluding hydrogens is 467 g/mol. The number of sulfonamides is 1. The molecule has 2 aromatic carbocycles. The summed E-state index contributed by atoms with van der Waals surface area (Å²) >= 11 is 11.6. The van der Waals surface area contributed by atoms with E-state index in [1.807, 2.05) is 30.3 Å². The van der Waals surface area contributed by atoms with E-state index in [1.165, 1.54) is 19.1 Å². The smallest absolute Gasteiger partial charge is 0.327 e. The molecule has 2 aromatic rings. The summed E-state index contributed by atoms with van der Waals surface area (Å²) in [5.41, 5.74) is 1.03. The van der Waals surface area contributed by atoms with Gasteiger partial charge in [-0.15, -0.1) is 0 Å². The predicted molar refractivity (Wildman–Crippen MR) is 116 cm³/mol. The first-order valence-electron chi connectivity index (χ1n) is 9.23. The number of benzene rings is 2. The number of hydrogen-bond donors (Lipinski definition) is 3. The number of hydrogen-bond acceptors (Lipinski definition) is 6. The van der Waals surface area contributed by atoms with Crippen molar-refractivity contribution in [3.05, 3.63) is 64.1 Å². The van der Waals surface area contributed by atoms with Crippen LogP contribution in [0, 0.1) is 0 Å². The van der Waals surface area contributed by atoms with Gasteiger partial charge in [-0.25, -0.2) is 8.42 Å². The molecule has 0 aliphatic rings. The molecule has 0 aromatic heterocycles. The normalized spacial score (nSPS) is 13.3. The van der Waals surface area contributed by atoms with E-state index in [4.69, 9.17) is 27.9 Å². The molecule has 168 valence electrons. The minimum Gasteiger partial charge on any atom is -0.454 e. The van der Waals surface area contributed by atoms with Crippen LogP contribution in [0.4, 0.5) is 0 Å². The van der Waals surface area contributed by atoms with Crippen LogP contribution < -0.4 is 10.0 Å². The van der Waals surface area contributed by atoms with E-state index in [0.717, 1.165) is 11.6 Å². The van der Waals surface area contributed by atoms with Gasteiger partial charge >= 0.3 is 5.97 Å². The van der Waals surface area contributed by atoms with Crippen LogP contribution in [-0.4, -0.2) is 50.7 Å². The molecule has 0 saturated heterocycles. The fourth-order valence-corrected chi connectivity index (χ4v) is 4.14. The third-order valence-electron chi connectivity index (χ3n) is 4.14. The summed E-state index contributed by atoms with van der Waals surface area (Å²) in [6.07, 6.45) is -0.827. The summed E-state index contributed by atoms with van der Waals surface area (Å²) < 4.78 is 32.0. The van der Waals surface area contributed by atoms with Crippen molar-refractivity contribution in [1.82, 2.24) is 10.0 Å². The van der Waals surface area contributed by atoms with Crippen molar-refractivity contribution in [2.75, 3.05) is 13.2 Å². The molecule has 11 heteroatoms. The maximum absolute atomic E-state index is 12.5. The second kappa shape index (κ2) is 11.4. The highest BCUT2D eigenvalue weighted by Crippen LogP contribution is 2.25. The van der Waals surface area contributed by atoms with Crippen molar-refractivity contribution in [2.24, 2.45) is 0 Å². The van der Waals surface area contributed by atoms with Crippen molar-refractivity contribution in [1.29, 1.82) is 0 Å². The molecule has 2 rings (SSSR count). The van der Waals surface area contributed by atoms with Crippen molar-refractivity contribution in [2.45, 2.75) is 30.4 Å². The topological polar surface area (TPSA) is 122 Å². The summed E-state index contributed by atoms with van der Waals surface area (Å²) in [6, 6.07) is 11.4. The largest absolute Gasteiger partial charge is 0.454 e. The van der Waals surface area contributed by atoms with Gasteiger partial charge in [0, 0.05) is 6.54 Å². The van der Waals surface area contributed by atoms with Gasteiger partial charge in [0.1, 0.15) is 6.04 Å². The van der Waals surface area contributed by atoms with E-state index in [2.05, 4.69) is 10.0 Å². The molecule has 0 aliphatic carbocycles. The van der Waals surface area contributed by atoms with Gasteiger partial charge in [0.15, 0.2) is 6.61 Å². The van der Waals surface area contributed by atoms with Crippen molar-refractivity contribution in [3.8, 4) is 0 Å². The Bertz CT molecular complexity index is 1020. The summed E-state index contributed by atoms with van der Waals surface area (Å²) in [7, 11) is -4.23. The lowest BCUT2D eigenvalue weighted by Gasteiger charge is -2.20. The van der Waals surface area contributed by atoms with Crippen LogP contribution in [0.25, 0.3) is 0 Å². The Morgan fingerprint density at radius 3 is 2.39 bits per heavy atom. The maximum Gasteiger partial charge on any atom is 0.327 e. The molecule has 0 heterocycles. The summed E-state index contributed by atoms with van der Waals surface area (Å²) in [5, 5.41) is 12.6. The van der Waals surface area contributed by atoms with Gasteiger partial charge in [-0.05, 0) is 37.1 Å². The van der Waals surface area contributed by atoms with Crippen LogP contribution in [0.5, 0.6) is 0 Å². The second-order valence-corrected chi connectivity index (χ2v) is 9.14. The van der Waals surface area contributed by atoms with Crippen LogP contribution in [0.2, 0.25) is 10.0 Å². The van der Waals surface area contributed by atoms with Crippen molar-refractivity contribution < 1.29 is 27.9 Å². The van der Waals surface area contributed by atoms with Crippen molar-refractivity contribution in [3.63, 3.8) is 0 Å². The number of esters is 1. The fourth-order valence-electron chi connectivity index (χ4n) is 2.49. The van der Waals surface area contributed by atoms with E-state index in [1.54, 1.807) is 0 Å². The van der Waals surface area contributed by atoms with E-state index in [9.17, 15) is 23.1 Å². The number of halogens is 2. The molecule has 0 fully saturated rings. The molecule has 31 heavy (non-hydrogen) atoms. The highest BCUT2D eigenvalue weighted by Gasteiger charge is 2.31. The number of nitrogens with one attached hydrogen (secondary N) is 2. The maximum atomic E-state index is 12.5. The first kappa shape index (κ1) is 25.1. The van der Waals surface area contributed by atoms with Gasteiger partial charge in [0.2, 0.25) is 10.0 Å². The van der Waals surface area contributed by atoms with Gasteiger partial charge in [-0.3, -0.25) is 9.59 Å². The Labute approximate surface area is 190 Å². The van der Waals surface area contributed by atoms with Crippen LogP contribution in [0.15, 0.2) is 53.4 Å². The second-order valence-electron chi connectivity index (χ2n) is 6.61. The summed E-state index contributed by atoms with van der Waals surface area (Å²) in [4.78, 5) is 23.9. The van der Waals surface area contributed by atoms with Crippen LogP contribution in [-0.2, 0) is 30.8 Å². The third kappa shape index (κ3) is 7.79. The molecule has 0 saturated carbocycles. The molecule has 1 amide bonds. The minimum absolute atomic E-state index is 0.00730. The lowest BCUT2D eigenvalue weighted by Crippen LogP contribution is -2.49. The molecule has 0 bridgehead atoms. The van der Waals surface area contributed by atoms with E-state index in [-0.39, 0.29) is 14.9 Å². The quantitative estimate of drug-likeness (QED) is 0.439. The zero-order chi connectivity index (χ0) is 23.0. The third-order valence-corrected chi connectivity index (χ3v) is 6.32. The van der Waals surface area contributed by atoms with Gasteiger partial charge in [0.25, 0.3) is 5.91 Å². The number of aliphatic hydroxyl groups excluding tert-OH is 1. The fraction of sp³-hybridized carbons (Fsp3) is 0.300.